The molecular weight excluding hydrogens is 279 g/mol. The van der Waals surface area contributed by atoms with Gasteiger partial charge >= 0.3 is 0 Å². The quantitative estimate of drug-likeness (QED) is 0.705. The first kappa shape index (κ1) is 16.0. The molecule has 2 aromatic rings. The molecule has 2 rings (SSSR count). The molecule has 0 aliphatic heterocycles. The van der Waals surface area contributed by atoms with Crippen LogP contribution in [0.4, 0.5) is 0 Å². The van der Waals surface area contributed by atoms with Gasteiger partial charge in [-0.3, -0.25) is 0 Å². The van der Waals surface area contributed by atoms with Crippen molar-refractivity contribution in [3.8, 4) is 11.1 Å². The van der Waals surface area contributed by atoms with Gasteiger partial charge in [-0.25, -0.2) is 0 Å². The van der Waals surface area contributed by atoms with Gasteiger partial charge in [0.1, 0.15) is 0 Å². The maximum atomic E-state index is 6.07. The van der Waals surface area contributed by atoms with E-state index >= 15 is 0 Å². The molecule has 2 aromatic carbocycles. The lowest BCUT2D eigenvalue weighted by Crippen LogP contribution is -1.84. The van der Waals surface area contributed by atoms with Gasteiger partial charge in [-0.2, -0.15) is 0 Å². The molecular formula is C16H18Cl2O. The van der Waals surface area contributed by atoms with Gasteiger partial charge in [-0.15, -0.1) is 0 Å². The summed E-state index contributed by atoms with van der Waals surface area (Å²) in [5.41, 5.74) is 1.94. The zero-order valence-corrected chi connectivity index (χ0v) is 12.7. The molecule has 0 fully saturated rings. The van der Waals surface area contributed by atoms with Crippen LogP contribution in [0.15, 0.2) is 48.5 Å². The summed E-state index contributed by atoms with van der Waals surface area (Å²) in [6, 6.07) is 15.4. The van der Waals surface area contributed by atoms with Gasteiger partial charge in [0.25, 0.3) is 0 Å². The Bertz CT molecular complexity index is 452. The lowest BCUT2D eigenvalue weighted by molar-refractivity contribution is 0.162. The van der Waals surface area contributed by atoms with E-state index in [4.69, 9.17) is 27.9 Å². The van der Waals surface area contributed by atoms with E-state index in [-0.39, 0.29) is 0 Å². The molecule has 0 N–H and O–H groups in total. The van der Waals surface area contributed by atoms with Gasteiger partial charge in [0.05, 0.1) is 0 Å². The van der Waals surface area contributed by atoms with Crippen molar-refractivity contribution >= 4 is 23.2 Å². The normalized spacial score (nSPS) is 9.68. The maximum Gasteiger partial charge on any atom is 0.0484 e. The highest BCUT2D eigenvalue weighted by molar-refractivity contribution is 6.36. The third-order valence-corrected chi connectivity index (χ3v) is 3.11. The van der Waals surface area contributed by atoms with E-state index in [1.54, 1.807) is 0 Å². The van der Waals surface area contributed by atoms with E-state index in [1.165, 1.54) is 0 Å². The Morgan fingerprint density at radius 1 is 0.737 bits per heavy atom. The highest BCUT2D eigenvalue weighted by Crippen LogP contribution is 2.32. The zero-order chi connectivity index (χ0) is 14.1. The van der Waals surface area contributed by atoms with Crippen LogP contribution < -0.4 is 0 Å². The fourth-order valence-corrected chi connectivity index (χ4v) is 2.04. The monoisotopic (exact) mass is 296 g/mol. The summed E-state index contributed by atoms with van der Waals surface area (Å²) < 4.78 is 4.83. The van der Waals surface area contributed by atoms with Crippen molar-refractivity contribution in [2.24, 2.45) is 0 Å². The molecule has 0 radical (unpaired) electrons. The molecule has 0 spiro atoms. The van der Waals surface area contributed by atoms with Crippen LogP contribution >= 0.6 is 23.2 Å². The van der Waals surface area contributed by atoms with Crippen LogP contribution in [0.25, 0.3) is 11.1 Å². The first-order chi connectivity index (χ1) is 9.20. The molecule has 0 amide bonds. The fourth-order valence-electron chi connectivity index (χ4n) is 1.56. The van der Waals surface area contributed by atoms with E-state index in [0.29, 0.717) is 0 Å². The lowest BCUT2D eigenvalue weighted by Gasteiger charge is -2.05. The van der Waals surface area contributed by atoms with Crippen LogP contribution in [-0.4, -0.2) is 13.2 Å². The number of ether oxygens (including phenoxy) is 1. The molecule has 0 aliphatic rings. The van der Waals surface area contributed by atoms with E-state index in [2.05, 4.69) is 0 Å². The van der Waals surface area contributed by atoms with E-state index < -0.39 is 0 Å². The van der Waals surface area contributed by atoms with Crippen molar-refractivity contribution in [1.82, 2.24) is 0 Å². The third-order valence-electron chi connectivity index (χ3n) is 2.45. The second-order valence-electron chi connectivity index (χ2n) is 3.74. The molecule has 102 valence electrons. The predicted octanol–water partition coefficient (Wildman–Crippen LogP) is 5.70. The Hall–Kier alpha value is -1.02. The maximum absolute atomic E-state index is 6.07. The standard InChI is InChI=1S/C12H8Cl2.C4H10O/c13-11-7-3-1-5-9(11)10-6-2-4-8-12(10)14;1-3-5-4-2/h1-8H;3-4H2,1-2H3. The number of hydrogen-bond acceptors (Lipinski definition) is 1. The van der Waals surface area contributed by atoms with Crippen molar-refractivity contribution in [1.29, 1.82) is 0 Å². The van der Waals surface area contributed by atoms with E-state index in [9.17, 15) is 0 Å². The molecule has 3 heteroatoms. The van der Waals surface area contributed by atoms with Crippen molar-refractivity contribution in [3.05, 3.63) is 58.6 Å². The van der Waals surface area contributed by atoms with Gasteiger partial charge in [0.2, 0.25) is 0 Å². The number of hydrogen-bond donors (Lipinski definition) is 0. The van der Waals surface area contributed by atoms with Crippen LogP contribution in [0.3, 0.4) is 0 Å². The zero-order valence-electron chi connectivity index (χ0n) is 11.2. The Labute approximate surface area is 125 Å². The summed E-state index contributed by atoms with van der Waals surface area (Å²) in [5, 5.41) is 1.45. The highest BCUT2D eigenvalue weighted by atomic mass is 35.5. The average Bonchev–Trinajstić information content (AvgIpc) is 2.42. The van der Waals surface area contributed by atoms with Crippen molar-refractivity contribution in [2.75, 3.05) is 13.2 Å². The molecule has 1 nitrogen and oxygen atoms in total. The van der Waals surface area contributed by atoms with Crippen LogP contribution in [0.2, 0.25) is 10.0 Å². The van der Waals surface area contributed by atoms with Crippen molar-refractivity contribution in [2.45, 2.75) is 13.8 Å². The van der Waals surface area contributed by atoms with E-state index in [0.717, 1.165) is 34.4 Å². The Morgan fingerprint density at radius 3 is 1.37 bits per heavy atom. The molecule has 0 atom stereocenters. The van der Waals surface area contributed by atoms with E-state index in [1.807, 2.05) is 62.4 Å². The Balaban J connectivity index is 0.000000312. The topological polar surface area (TPSA) is 9.23 Å². The molecule has 0 aliphatic carbocycles. The van der Waals surface area contributed by atoms with Crippen LogP contribution in [0.5, 0.6) is 0 Å². The first-order valence-corrected chi connectivity index (χ1v) is 7.03. The summed E-state index contributed by atoms with van der Waals surface area (Å²) in [4.78, 5) is 0. The molecule has 19 heavy (non-hydrogen) atoms. The molecule has 0 saturated carbocycles. The third kappa shape index (κ3) is 5.23. The van der Waals surface area contributed by atoms with Gasteiger partial charge in [0, 0.05) is 34.4 Å². The van der Waals surface area contributed by atoms with Crippen LogP contribution in [-0.2, 0) is 4.74 Å². The number of halogens is 2. The molecule has 0 heterocycles. The second kappa shape index (κ2) is 8.98. The number of rotatable bonds is 3. The van der Waals surface area contributed by atoms with Crippen LogP contribution in [0.1, 0.15) is 13.8 Å². The molecule has 0 bridgehead atoms. The summed E-state index contributed by atoms with van der Waals surface area (Å²) in [7, 11) is 0. The fraction of sp³-hybridized carbons (Fsp3) is 0.250. The lowest BCUT2D eigenvalue weighted by atomic mass is 10.1. The second-order valence-corrected chi connectivity index (χ2v) is 4.56. The van der Waals surface area contributed by atoms with Gasteiger partial charge in [-0.1, -0.05) is 59.6 Å². The van der Waals surface area contributed by atoms with Gasteiger partial charge in [0.15, 0.2) is 0 Å². The average molecular weight is 297 g/mol. The minimum atomic E-state index is 0.723. The minimum absolute atomic E-state index is 0.723. The summed E-state index contributed by atoms with van der Waals surface area (Å²) in [6.45, 7) is 5.67. The highest BCUT2D eigenvalue weighted by Gasteiger charge is 2.04. The summed E-state index contributed by atoms with van der Waals surface area (Å²) in [6.07, 6.45) is 0. The first-order valence-electron chi connectivity index (χ1n) is 6.27. The van der Waals surface area contributed by atoms with Gasteiger partial charge < -0.3 is 4.74 Å². The van der Waals surface area contributed by atoms with Crippen molar-refractivity contribution in [3.63, 3.8) is 0 Å². The SMILES string of the molecule is CCOCC.Clc1ccccc1-c1ccccc1Cl. The Kier molecular flexibility index (Phi) is 7.57. The molecule has 0 aromatic heterocycles. The van der Waals surface area contributed by atoms with Crippen molar-refractivity contribution < 1.29 is 4.74 Å². The van der Waals surface area contributed by atoms with Gasteiger partial charge in [-0.05, 0) is 26.0 Å². The number of benzene rings is 2. The minimum Gasteiger partial charge on any atom is -0.382 e. The summed E-state index contributed by atoms with van der Waals surface area (Å²) >= 11 is 12.1. The smallest absolute Gasteiger partial charge is 0.0484 e. The largest absolute Gasteiger partial charge is 0.382 e. The predicted molar refractivity (Wildman–Crippen MR) is 84.1 cm³/mol. The van der Waals surface area contributed by atoms with Crippen LogP contribution in [0, 0.1) is 0 Å². The Morgan fingerprint density at radius 2 is 1.11 bits per heavy atom. The molecule has 0 unspecified atom stereocenters. The summed E-state index contributed by atoms with van der Waals surface area (Å²) in [5.74, 6) is 0. The molecule has 0 saturated heterocycles.